The first-order valence-electron chi connectivity index (χ1n) is 7.46. The zero-order valence-corrected chi connectivity index (χ0v) is 12.7. The predicted molar refractivity (Wildman–Crippen MR) is 80.3 cm³/mol. The molecular formula is C17H28O2. The summed E-state index contributed by atoms with van der Waals surface area (Å²) in [6, 6.07) is 8.15. The Bertz CT molecular complexity index is 345. The topological polar surface area (TPSA) is 29.5 Å². The molecule has 2 heteroatoms. The standard InChI is InChI=1S/C17H28O2/c1-5-7-13(3)12-19-14(4)17(18)16-10-8-15(6-2)9-11-16/h8-11,13-14,17-18H,5-7,12H2,1-4H3. The zero-order valence-electron chi connectivity index (χ0n) is 12.7. The smallest absolute Gasteiger partial charge is 0.105 e. The van der Waals surface area contributed by atoms with Gasteiger partial charge in [0.1, 0.15) is 6.10 Å². The summed E-state index contributed by atoms with van der Waals surface area (Å²) in [4.78, 5) is 0. The van der Waals surface area contributed by atoms with E-state index in [1.165, 1.54) is 18.4 Å². The maximum absolute atomic E-state index is 10.3. The molecule has 19 heavy (non-hydrogen) atoms. The minimum absolute atomic E-state index is 0.160. The average molecular weight is 264 g/mol. The highest BCUT2D eigenvalue weighted by Gasteiger charge is 2.17. The third kappa shape index (κ3) is 5.33. The number of ether oxygens (including phenoxy) is 1. The number of benzene rings is 1. The van der Waals surface area contributed by atoms with Gasteiger partial charge in [0, 0.05) is 6.61 Å². The summed E-state index contributed by atoms with van der Waals surface area (Å²) in [7, 11) is 0. The van der Waals surface area contributed by atoms with Crippen LogP contribution in [0, 0.1) is 5.92 Å². The number of hydrogen-bond acceptors (Lipinski definition) is 2. The van der Waals surface area contributed by atoms with Crippen LogP contribution in [0.4, 0.5) is 0 Å². The van der Waals surface area contributed by atoms with Gasteiger partial charge in [-0.25, -0.2) is 0 Å². The number of rotatable bonds is 8. The van der Waals surface area contributed by atoms with Gasteiger partial charge in [0.25, 0.3) is 0 Å². The van der Waals surface area contributed by atoms with Gasteiger partial charge in [0.05, 0.1) is 6.10 Å². The molecule has 0 aliphatic carbocycles. The summed E-state index contributed by atoms with van der Waals surface area (Å²) in [6.45, 7) is 9.17. The Morgan fingerprint density at radius 1 is 1.11 bits per heavy atom. The monoisotopic (exact) mass is 264 g/mol. The molecule has 0 aliphatic rings. The minimum Gasteiger partial charge on any atom is -0.386 e. The van der Waals surface area contributed by atoms with E-state index >= 15 is 0 Å². The molecule has 0 aliphatic heterocycles. The second-order valence-corrected chi connectivity index (χ2v) is 5.47. The number of aryl methyl sites for hydroxylation is 1. The Morgan fingerprint density at radius 3 is 2.26 bits per heavy atom. The Kier molecular flexibility index (Phi) is 7.11. The van der Waals surface area contributed by atoms with E-state index in [4.69, 9.17) is 4.74 Å². The van der Waals surface area contributed by atoms with Crippen molar-refractivity contribution in [1.82, 2.24) is 0 Å². The second-order valence-electron chi connectivity index (χ2n) is 5.47. The fourth-order valence-corrected chi connectivity index (χ4v) is 2.20. The molecule has 0 heterocycles. The van der Waals surface area contributed by atoms with Crippen LogP contribution in [0.2, 0.25) is 0 Å². The van der Waals surface area contributed by atoms with Crippen LogP contribution in [0.1, 0.15) is 57.8 Å². The van der Waals surface area contributed by atoms with E-state index in [1.54, 1.807) is 0 Å². The van der Waals surface area contributed by atoms with Gasteiger partial charge < -0.3 is 9.84 Å². The molecule has 0 aromatic heterocycles. The molecule has 0 saturated carbocycles. The number of hydrogen-bond donors (Lipinski definition) is 1. The number of aliphatic hydroxyl groups excluding tert-OH is 1. The minimum atomic E-state index is -0.542. The van der Waals surface area contributed by atoms with Crippen molar-refractivity contribution in [2.45, 2.75) is 59.2 Å². The Balaban J connectivity index is 2.48. The van der Waals surface area contributed by atoms with Gasteiger partial charge in [-0.3, -0.25) is 0 Å². The first-order valence-corrected chi connectivity index (χ1v) is 7.46. The van der Waals surface area contributed by atoms with Crippen molar-refractivity contribution in [3.05, 3.63) is 35.4 Å². The Labute approximate surface area is 117 Å². The molecule has 1 rings (SSSR count). The third-order valence-electron chi connectivity index (χ3n) is 3.60. The van der Waals surface area contributed by atoms with Gasteiger partial charge in [0.15, 0.2) is 0 Å². The molecule has 0 bridgehead atoms. The van der Waals surface area contributed by atoms with Crippen molar-refractivity contribution in [3.8, 4) is 0 Å². The molecule has 0 radical (unpaired) electrons. The summed E-state index contributed by atoms with van der Waals surface area (Å²) in [6.07, 6.45) is 2.68. The molecule has 0 fully saturated rings. The maximum atomic E-state index is 10.3. The fraction of sp³-hybridized carbons (Fsp3) is 0.647. The van der Waals surface area contributed by atoms with Crippen molar-refractivity contribution in [2.24, 2.45) is 5.92 Å². The maximum Gasteiger partial charge on any atom is 0.105 e. The quantitative estimate of drug-likeness (QED) is 0.765. The molecule has 0 amide bonds. The zero-order chi connectivity index (χ0) is 14.3. The van der Waals surface area contributed by atoms with Gasteiger partial charge in [-0.15, -0.1) is 0 Å². The van der Waals surface area contributed by atoms with E-state index in [1.807, 2.05) is 19.1 Å². The van der Waals surface area contributed by atoms with Crippen molar-refractivity contribution in [2.75, 3.05) is 6.61 Å². The van der Waals surface area contributed by atoms with E-state index in [-0.39, 0.29) is 6.10 Å². The van der Waals surface area contributed by atoms with Crippen LogP contribution in [0.5, 0.6) is 0 Å². The Hall–Kier alpha value is -0.860. The summed E-state index contributed by atoms with van der Waals surface area (Å²) < 4.78 is 5.78. The molecule has 3 atom stereocenters. The molecule has 3 unspecified atom stereocenters. The molecular weight excluding hydrogens is 236 g/mol. The molecule has 0 spiro atoms. The fourth-order valence-electron chi connectivity index (χ4n) is 2.20. The molecule has 1 N–H and O–H groups in total. The van der Waals surface area contributed by atoms with Gasteiger partial charge in [-0.2, -0.15) is 0 Å². The van der Waals surface area contributed by atoms with Crippen LogP contribution in [0.25, 0.3) is 0 Å². The average Bonchev–Trinajstić information content (AvgIpc) is 2.44. The summed E-state index contributed by atoms with van der Waals surface area (Å²) in [5.41, 5.74) is 2.23. The van der Waals surface area contributed by atoms with Crippen LogP contribution >= 0.6 is 0 Å². The molecule has 1 aromatic rings. The highest BCUT2D eigenvalue weighted by Crippen LogP contribution is 2.20. The number of aliphatic hydroxyl groups is 1. The van der Waals surface area contributed by atoms with Gasteiger partial charge in [-0.05, 0) is 36.8 Å². The lowest BCUT2D eigenvalue weighted by Crippen LogP contribution is -2.21. The third-order valence-corrected chi connectivity index (χ3v) is 3.60. The molecule has 108 valence electrons. The van der Waals surface area contributed by atoms with E-state index in [9.17, 15) is 5.11 Å². The normalized spacial score (nSPS) is 16.1. The predicted octanol–water partition coefficient (Wildman–Crippen LogP) is 4.12. The molecule has 1 aromatic carbocycles. The summed E-state index contributed by atoms with van der Waals surface area (Å²) in [5, 5.41) is 10.3. The van der Waals surface area contributed by atoms with Crippen LogP contribution in [0.3, 0.4) is 0 Å². The molecule has 2 nitrogen and oxygen atoms in total. The SMILES string of the molecule is CCCC(C)COC(C)C(O)c1ccc(CC)cc1. The largest absolute Gasteiger partial charge is 0.386 e. The van der Waals surface area contributed by atoms with Gasteiger partial charge in [0.2, 0.25) is 0 Å². The summed E-state index contributed by atoms with van der Waals surface area (Å²) in [5.74, 6) is 0.558. The van der Waals surface area contributed by atoms with Crippen molar-refractivity contribution in [3.63, 3.8) is 0 Å². The van der Waals surface area contributed by atoms with E-state index in [0.717, 1.165) is 18.6 Å². The van der Waals surface area contributed by atoms with Crippen LogP contribution in [0.15, 0.2) is 24.3 Å². The lowest BCUT2D eigenvalue weighted by Gasteiger charge is -2.22. The molecule has 0 saturated heterocycles. The first kappa shape index (κ1) is 16.2. The van der Waals surface area contributed by atoms with E-state index in [2.05, 4.69) is 32.9 Å². The highest BCUT2D eigenvalue weighted by molar-refractivity contribution is 5.24. The lowest BCUT2D eigenvalue weighted by molar-refractivity contribution is -0.0397. The van der Waals surface area contributed by atoms with Gasteiger partial charge in [-0.1, -0.05) is 51.5 Å². The van der Waals surface area contributed by atoms with Gasteiger partial charge >= 0.3 is 0 Å². The van der Waals surface area contributed by atoms with Crippen molar-refractivity contribution in [1.29, 1.82) is 0 Å². The van der Waals surface area contributed by atoms with Crippen LogP contribution in [-0.2, 0) is 11.2 Å². The second kappa shape index (κ2) is 8.34. The van der Waals surface area contributed by atoms with E-state index in [0.29, 0.717) is 5.92 Å². The summed E-state index contributed by atoms with van der Waals surface area (Å²) >= 11 is 0. The first-order chi connectivity index (χ1) is 9.08. The lowest BCUT2D eigenvalue weighted by atomic mass is 10.0. The van der Waals surface area contributed by atoms with Crippen LogP contribution < -0.4 is 0 Å². The Morgan fingerprint density at radius 2 is 1.74 bits per heavy atom. The highest BCUT2D eigenvalue weighted by atomic mass is 16.5. The van der Waals surface area contributed by atoms with E-state index < -0.39 is 6.10 Å². The van der Waals surface area contributed by atoms with Crippen LogP contribution in [-0.4, -0.2) is 17.8 Å². The van der Waals surface area contributed by atoms with Crippen molar-refractivity contribution < 1.29 is 9.84 Å². The van der Waals surface area contributed by atoms with Crippen molar-refractivity contribution >= 4 is 0 Å².